The average molecular weight is 385 g/mol. The highest BCUT2D eigenvalue weighted by molar-refractivity contribution is 7.10. The van der Waals surface area contributed by atoms with Crippen LogP contribution in [0.4, 0.5) is 15.8 Å². The molecule has 0 unspecified atom stereocenters. The molecule has 4 N–H and O–H groups in total. The molecule has 7 heteroatoms. The number of halogens is 1. The summed E-state index contributed by atoms with van der Waals surface area (Å²) in [7, 11) is 0. The van der Waals surface area contributed by atoms with Crippen molar-refractivity contribution in [1.29, 1.82) is 5.41 Å². The standard InChI is InChI=1S/C19H16FN3OS2/c20-15-11-17(22)14(16(21)6-5-12-3-1-7-25-12)10-18(15)23-19(24)9-13-4-2-8-26-13/h1-8,10-11,21H,9,22H2,(H,23,24)/b6-5+,21-16?. The molecular weight excluding hydrogens is 369 g/mol. The van der Waals surface area contributed by atoms with Crippen molar-refractivity contribution in [3.8, 4) is 0 Å². The zero-order valence-corrected chi connectivity index (χ0v) is 15.3. The highest BCUT2D eigenvalue weighted by Gasteiger charge is 2.13. The van der Waals surface area contributed by atoms with Gasteiger partial charge in [0.05, 0.1) is 17.8 Å². The molecule has 0 aliphatic rings. The zero-order valence-electron chi connectivity index (χ0n) is 13.7. The number of carbonyl (C=O) groups is 1. The van der Waals surface area contributed by atoms with Crippen molar-refractivity contribution in [2.24, 2.45) is 0 Å². The number of rotatable bonds is 6. The van der Waals surface area contributed by atoms with Crippen LogP contribution in [0.25, 0.3) is 6.08 Å². The van der Waals surface area contributed by atoms with Gasteiger partial charge in [0.15, 0.2) is 0 Å². The lowest BCUT2D eigenvalue weighted by atomic mass is 10.1. The SMILES string of the molecule is N=C(/C=C/c1cccs1)c1cc(NC(=O)Cc2cccs2)c(F)cc1N. The average Bonchev–Trinajstić information content (AvgIpc) is 3.28. The van der Waals surface area contributed by atoms with E-state index in [1.54, 1.807) is 23.5 Å². The minimum Gasteiger partial charge on any atom is -0.398 e. The summed E-state index contributed by atoms with van der Waals surface area (Å²) < 4.78 is 14.2. The van der Waals surface area contributed by atoms with Gasteiger partial charge >= 0.3 is 0 Å². The van der Waals surface area contributed by atoms with Crippen LogP contribution in [-0.4, -0.2) is 11.6 Å². The lowest BCUT2D eigenvalue weighted by Gasteiger charge is -2.11. The van der Waals surface area contributed by atoms with Crippen LogP contribution in [0.1, 0.15) is 15.3 Å². The maximum Gasteiger partial charge on any atom is 0.229 e. The number of hydrogen-bond acceptors (Lipinski definition) is 5. The van der Waals surface area contributed by atoms with Crippen LogP contribution < -0.4 is 11.1 Å². The van der Waals surface area contributed by atoms with Crippen molar-refractivity contribution in [3.05, 3.63) is 74.4 Å². The summed E-state index contributed by atoms with van der Waals surface area (Å²) in [5.74, 6) is -0.941. The van der Waals surface area contributed by atoms with E-state index in [0.717, 1.165) is 15.8 Å². The molecule has 3 rings (SSSR count). The third-order valence-electron chi connectivity index (χ3n) is 3.58. The molecule has 0 saturated heterocycles. The Morgan fingerprint density at radius 3 is 2.69 bits per heavy atom. The Kier molecular flexibility index (Phi) is 5.60. The van der Waals surface area contributed by atoms with Crippen molar-refractivity contribution < 1.29 is 9.18 Å². The second-order valence-electron chi connectivity index (χ2n) is 5.49. The van der Waals surface area contributed by atoms with Crippen LogP contribution >= 0.6 is 22.7 Å². The molecule has 0 radical (unpaired) electrons. The molecule has 3 aromatic rings. The van der Waals surface area contributed by atoms with Crippen LogP contribution in [0.5, 0.6) is 0 Å². The van der Waals surface area contributed by atoms with Crippen LogP contribution in [-0.2, 0) is 11.2 Å². The molecule has 0 fully saturated rings. The molecule has 0 spiro atoms. The summed E-state index contributed by atoms with van der Waals surface area (Å²) in [6.45, 7) is 0. The summed E-state index contributed by atoms with van der Waals surface area (Å²) in [6.07, 6.45) is 3.57. The van der Waals surface area contributed by atoms with Gasteiger partial charge in [0, 0.05) is 21.0 Å². The first kappa shape index (κ1) is 18.0. The molecule has 132 valence electrons. The summed E-state index contributed by atoms with van der Waals surface area (Å²) in [4.78, 5) is 14.0. The first-order valence-corrected chi connectivity index (χ1v) is 9.50. The quantitative estimate of drug-likeness (QED) is 0.421. The number of nitrogen functional groups attached to an aromatic ring is 1. The minimum atomic E-state index is -0.624. The van der Waals surface area contributed by atoms with Crippen molar-refractivity contribution in [2.45, 2.75) is 6.42 Å². The predicted octanol–water partition coefficient (Wildman–Crippen LogP) is 4.79. The van der Waals surface area contributed by atoms with Crippen LogP contribution in [0, 0.1) is 11.2 Å². The van der Waals surface area contributed by atoms with Gasteiger partial charge in [0.2, 0.25) is 5.91 Å². The number of allylic oxidation sites excluding steroid dienone is 1. The molecule has 0 atom stereocenters. The minimum absolute atomic E-state index is 0.0185. The number of benzene rings is 1. The lowest BCUT2D eigenvalue weighted by molar-refractivity contribution is -0.115. The molecule has 2 heterocycles. The lowest BCUT2D eigenvalue weighted by Crippen LogP contribution is -2.16. The van der Waals surface area contributed by atoms with Crippen LogP contribution in [0.15, 0.2) is 53.2 Å². The highest BCUT2D eigenvalue weighted by Crippen LogP contribution is 2.24. The number of hydrogen-bond donors (Lipinski definition) is 3. The fourth-order valence-electron chi connectivity index (χ4n) is 2.32. The summed E-state index contributed by atoms with van der Waals surface area (Å²) in [6, 6.07) is 10.1. The van der Waals surface area contributed by atoms with Crippen molar-refractivity contribution in [2.75, 3.05) is 11.1 Å². The van der Waals surface area contributed by atoms with Crippen molar-refractivity contribution >= 4 is 51.7 Å². The van der Waals surface area contributed by atoms with Crippen LogP contribution in [0.3, 0.4) is 0 Å². The molecular formula is C19H16FN3OS2. The van der Waals surface area contributed by atoms with Gasteiger partial charge in [-0.2, -0.15) is 0 Å². The van der Waals surface area contributed by atoms with E-state index in [1.807, 2.05) is 35.0 Å². The Balaban J connectivity index is 1.77. The largest absolute Gasteiger partial charge is 0.398 e. The fraction of sp³-hybridized carbons (Fsp3) is 0.0526. The molecule has 26 heavy (non-hydrogen) atoms. The second kappa shape index (κ2) is 8.07. The Hall–Kier alpha value is -2.77. The molecule has 1 amide bonds. The van der Waals surface area contributed by atoms with Gasteiger partial charge in [-0.15, -0.1) is 22.7 Å². The van der Waals surface area contributed by atoms with E-state index >= 15 is 0 Å². The van der Waals surface area contributed by atoms with Gasteiger partial charge in [0.25, 0.3) is 0 Å². The molecule has 4 nitrogen and oxygen atoms in total. The zero-order chi connectivity index (χ0) is 18.5. The number of nitrogens with one attached hydrogen (secondary N) is 2. The smallest absolute Gasteiger partial charge is 0.229 e. The number of thiophene rings is 2. The van der Waals surface area contributed by atoms with Crippen molar-refractivity contribution in [3.63, 3.8) is 0 Å². The number of anilines is 2. The Morgan fingerprint density at radius 2 is 2.00 bits per heavy atom. The summed E-state index contributed by atoms with van der Waals surface area (Å²) in [5, 5.41) is 14.6. The van der Waals surface area contributed by atoms with Gasteiger partial charge in [-0.1, -0.05) is 12.1 Å². The fourth-order valence-corrected chi connectivity index (χ4v) is 3.65. The highest BCUT2D eigenvalue weighted by atomic mass is 32.1. The molecule has 0 bridgehead atoms. The predicted molar refractivity (Wildman–Crippen MR) is 108 cm³/mol. The summed E-state index contributed by atoms with van der Waals surface area (Å²) >= 11 is 3.01. The first-order chi connectivity index (χ1) is 12.5. The maximum atomic E-state index is 14.2. The number of nitrogens with two attached hydrogens (primary N) is 1. The normalized spacial score (nSPS) is 11.0. The van der Waals surface area contributed by atoms with E-state index in [-0.39, 0.29) is 29.4 Å². The van der Waals surface area contributed by atoms with E-state index in [9.17, 15) is 9.18 Å². The van der Waals surface area contributed by atoms with Gasteiger partial charge in [0.1, 0.15) is 5.82 Å². The summed E-state index contributed by atoms with van der Waals surface area (Å²) in [5.41, 5.74) is 6.54. The maximum absolute atomic E-state index is 14.2. The van der Waals surface area contributed by atoms with Gasteiger partial charge in [-0.25, -0.2) is 4.39 Å². The third kappa shape index (κ3) is 4.44. The number of amides is 1. The van der Waals surface area contributed by atoms with E-state index in [4.69, 9.17) is 11.1 Å². The molecule has 1 aromatic carbocycles. The van der Waals surface area contributed by atoms with Crippen molar-refractivity contribution in [1.82, 2.24) is 0 Å². The van der Waals surface area contributed by atoms with E-state index < -0.39 is 5.82 Å². The second-order valence-corrected chi connectivity index (χ2v) is 7.50. The molecule has 2 aromatic heterocycles. The third-order valence-corrected chi connectivity index (χ3v) is 5.29. The van der Waals surface area contributed by atoms with Gasteiger partial charge in [-0.05, 0) is 47.2 Å². The van der Waals surface area contributed by atoms with E-state index in [1.165, 1.54) is 17.4 Å². The van der Waals surface area contributed by atoms with E-state index in [0.29, 0.717) is 5.56 Å². The Morgan fingerprint density at radius 1 is 1.23 bits per heavy atom. The van der Waals surface area contributed by atoms with Crippen LogP contribution in [0.2, 0.25) is 0 Å². The molecule has 0 aliphatic carbocycles. The first-order valence-electron chi connectivity index (χ1n) is 7.74. The topological polar surface area (TPSA) is 79.0 Å². The Labute approximate surface area is 158 Å². The van der Waals surface area contributed by atoms with Gasteiger partial charge < -0.3 is 16.5 Å². The van der Waals surface area contributed by atoms with Gasteiger partial charge in [-0.3, -0.25) is 4.79 Å². The number of carbonyl (C=O) groups excluding carboxylic acids is 1. The monoisotopic (exact) mass is 385 g/mol. The molecule has 0 saturated carbocycles. The molecule has 0 aliphatic heterocycles. The Bertz CT molecular complexity index is 948. The van der Waals surface area contributed by atoms with E-state index in [2.05, 4.69) is 5.32 Å².